The zero-order valence-electron chi connectivity index (χ0n) is 18.1. The number of pyridine rings is 1. The number of amides is 1. The van der Waals surface area contributed by atoms with E-state index in [1.54, 1.807) is 12.5 Å². The van der Waals surface area contributed by atoms with Crippen LogP contribution in [0.15, 0.2) is 60.0 Å². The number of hydrogen-bond donors (Lipinski definition) is 2. The van der Waals surface area contributed by atoms with Crippen molar-refractivity contribution in [2.24, 2.45) is 10.9 Å². The third kappa shape index (κ3) is 3.22. The molecule has 8 nitrogen and oxygen atoms in total. The second-order valence-corrected chi connectivity index (χ2v) is 8.32. The molecule has 4 aromatic rings. The van der Waals surface area contributed by atoms with E-state index >= 15 is 0 Å². The Bertz CT molecular complexity index is 1440. The average Bonchev–Trinajstić information content (AvgIpc) is 3.50. The third-order valence-corrected chi connectivity index (χ3v) is 6.42. The highest BCUT2D eigenvalue weighted by atomic mass is 16.7. The molecule has 0 radical (unpaired) electrons. The monoisotopic (exact) mass is 439 g/mol. The number of nitrogens with zero attached hydrogens (tertiary/aromatic N) is 3. The topological polar surface area (TPSA) is 101 Å². The Morgan fingerprint density at radius 2 is 1.88 bits per heavy atom. The molecule has 0 saturated heterocycles. The van der Waals surface area contributed by atoms with Crippen LogP contribution in [0.4, 0.5) is 5.69 Å². The molecule has 2 atom stereocenters. The fourth-order valence-corrected chi connectivity index (χ4v) is 4.40. The van der Waals surface area contributed by atoms with Gasteiger partial charge in [0.05, 0.1) is 23.2 Å². The first-order valence-corrected chi connectivity index (χ1v) is 10.8. The second-order valence-electron chi connectivity index (χ2n) is 8.32. The van der Waals surface area contributed by atoms with Gasteiger partial charge in [0.15, 0.2) is 11.5 Å². The van der Waals surface area contributed by atoms with E-state index in [-0.39, 0.29) is 24.5 Å². The lowest BCUT2D eigenvalue weighted by molar-refractivity contribution is 0.0972. The van der Waals surface area contributed by atoms with Gasteiger partial charge in [-0.05, 0) is 47.5 Å². The van der Waals surface area contributed by atoms with Gasteiger partial charge < -0.3 is 19.8 Å². The SMILES string of the molecule is CC1C(=Nc2ccc3nccc(-c4ccc5c(c4)OCO5)c3c2)NC(=O)c2nc[nH]c2C1C. The summed E-state index contributed by atoms with van der Waals surface area (Å²) in [6.07, 6.45) is 3.35. The number of ether oxygens (including phenoxy) is 2. The lowest BCUT2D eigenvalue weighted by atomic mass is 9.92. The number of aliphatic imine (C=N–C) groups is 1. The predicted octanol–water partition coefficient (Wildman–Crippen LogP) is 4.57. The normalized spacial score (nSPS) is 20.5. The van der Waals surface area contributed by atoms with Crippen LogP contribution in [0.5, 0.6) is 11.5 Å². The summed E-state index contributed by atoms with van der Waals surface area (Å²) in [5.41, 5.74) is 4.88. The Morgan fingerprint density at radius 3 is 2.79 bits per heavy atom. The molecule has 4 heterocycles. The largest absolute Gasteiger partial charge is 0.454 e. The number of carbonyl (C=O) groups is 1. The van der Waals surface area contributed by atoms with E-state index in [0.717, 1.165) is 44.9 Å². The van der Waals surface area contributed by atoms with Gasteiger partial charge in [-0.2, -0.15) is 0 Å². The van der Waals surface area contributed by atoms with Crippen LogP contribution in [-0.2, 0) is 0 Å². The van der Waals surface area contributed by atoms with Crippen molar-refractivity contribution in [3.05, 3.63) is 66.4 Å². The minimum Gasteiger partial charge on any atom is -0.454 e. The maximum absolute atomic E-state index is 12.7. The summed E-state index contributed by atoms with van der Waals surface area (Å²) in [6.45, 7) is 4.36. The number of amidine groups is 1. The number of carbonyl (C=O) groups excluding carboxylic acids is 1. The van der Waals surface area contributed by atoms with Gasteiger partial charge in [-0.3, -0.25) is 9.78 Å². The fraction of sp³-hybridized carbons (Fsp3) is 0.200. The van der Waals surface area contributed by atoms with Gasteiger partial charge in [0.1, 0.15) is 11.5 Å². The van der Waals surface area contributed by atoms with Crippen LogP contribution in [0.25, 0.3) is 22.0 Å². The Kier molecular flexibility index (Phi) is 4.39. The van der Waals surface area contributed by atoms with Crippen molar-refractivity contribution in [3.63, 3.8) is 0 Å². The van der Waals surface area contributed by atoms with Crippen LogP contribution in [0.3, 0.4) is 0 Å². The summed E-state index contributed by atoms with van der Waals surface area (Å²) in [5, 5.41) is 3.92. The Hall–Kier alpha value is -4.20. The number of aromatic nitrogens is 3. The predicted molar refractivity (Wildman–Crippen MR) is 124 cm³/mol. The van der Waals surface area contributed by atoms with Crippen LogP contribution in [0, 0.1) is 5.92 Å². The van der Waals surface area contributed by atoms with E-state index in [1.807, 2.05) is 42.5 Å². The van der Waals surface area contributed by atoms with E-state index < -0.39 is 0 Å². The van der Waals surface area contributed by atoms with Gasteiger partial charge in [-0.15, -0.1) is 0 Å². The maximum Gasteiger partial charge on any atom is 0.277 e. The molecule has 0 aliphatic carbocycles. The minimum absolute atomic E-state index is 0.00595. The molecule has 2 aromatic carbocycles. The van der Waals surface area contributed by atoms with Crippen LogP contribution in [-0.4, -0.2) is 33.5 Å². The molecule has 2 aromatic heterocycles. The third-order valence-electron chi connectivity index (χ3n) is 6.42. The highest BCUT2D eigenvalue weighted by Crippen LogP contribution is 2.38. The quantitative estimate of drug-likeness (QED) is 0.477. The van der Waals surface area contributed by atoms with Gasteiger partial charge in [-0.1, -0.05) is 19.9 Å². The molecule has 0 fully saturated rings. The van der Waals surface area contributed by atoms with Gasteiger partial charge >= 0.3 is 0 Å². The molecule has 0 spiro atoms. The van der Waals surface area contributed by atoms with Crippen LogP contribution < -0.4 is 14.8 Å². The van der Waals surface area contributed by atoms with Gasteiger partial charge in [-0.25, -0.2) is 9.98 Å². The summed E-state index contributed by atoms with van der Waals surface area (Å²) in [5.74, 6) is 1.90. The molecule has 6 rings (SSSR count). The summed E-state index contributed by atoms with van der Waals surface area (Å²) < 4.78 is 11.0. The maximum atomic E-state index is 12.7. The van der Waals surface area contributed by atoms with Gasteiger partial charge in [0.2, 0.25) is 6.79 Å². The van der Waals surface area contributed by atoms with E-state index in [0.29, 0.717) is 11.5 Å². The highest BCUT2D eigenvalue weighted by Gasteiger charge is 2.31. The van der Waals surface area contributed by atoms with Crippen LogP contribution in [0.1, 0.15) is 35.9 Å². The lowest BCUT2D eigenvalue weighted by Crippen LogP contribution is -2.33. The van der Waals surface area contributed by atoms with Crippen molar-refractivity contribution >= 4 is 28.3 Å². The number of fused-ring (bicyclic) bond motifs is 3. The van der Waals surface area contributed by atoms with Crippen LogP contribution >= 0.6 is 0 Å². The number of benzene rings is 2. The molecular formula is C25H21N5O3. The summed E-state index contributed by atoms with van der Waals surface area (Å²) in [4.78, 5) is 29.3. The molecule has 2 unspecified atom stereocenters. The first kappa shape index (κ1) is 19.5. The number of hydrogen-bond acceptors (Lipinski definition) is 6. The van der Waals surface area contributed by atoms with E-state index in [1.165, 1.54) is 0 Å². The molecular weight excluding hydrogens is 418 g/mol. The first-order valence-electron chi connectivity index (χ1n) is 10.8. The molecule has 0 saturated carbocycles. The van der Waals surface area contributed by atoms with Gasteiger partial charge in [0, 0.05) is 23.4 Å². The number of nitrogens with one attached hydrogen (secondary N) is 2. The van der Waals surface area contributed by atoms with Crippen molar-refractivity contribution < 1.29 is 14.3 Å². The molecule has 164 valence electrons. The highest BCUT2D eigenvalue weighted by molar-refractivity contribution is 6.09. The van der Waals surface area contributed by atoms with Crippen molar-refractivity contribution in [2.45, 2.75) is 19.8 Å². The van der Waals surface area contributed by atoms with Crippen molar-refractivity contribution in [1.82, 2.24) is 20.3 Å². The Balaban J connectivity index is 1.43. The molecule has 1 amide bonds. The molecule has 0 bridgehead atoms. The van der Waals surface area contributed by atoms with Crippen LogP contribution in [0.2, 0.25) is 0 Å². The smallest absolute Gasteiger partial charge is 0.277 e. The molecule has 2 aliphatic heterocycles. The van der Waals surface area contributed by atoms with E-state index in [4.69, 9.17) is 14.5 Å². The summed E-state index contributed by atoms with van der Waals surface area (Å²) in [7, 11) is 0. The number of H-pyrrole nitrogens is 1. The fourth-order valence-electron chi connectivity index (χ4n) is 4.40. The van der Waals surface area contributed by atoms with Crippen molar-refractivity contribution in [2.75, 3.05) is 6.79 Å². The Morgan fingerprint density at radius 1 is 1.00 bits per heavy atom. The second kappa shape index (κ2) is 7.44. The average molecular weight is 439 g/mol. The van der Waals surface area contributed by atoms with E-state index in [2.05, 4.69) is 34.1 Å². The van der Waals surface area contributed by atoms with Crippen molar-refractivity contribution in [3.8, 4) is 22.6 Å². The number of aromatic amines is 1. The Labute approximate surface area is 189 Å². The molecule has 2 aliphatic rings. The zero-order valence-corrected chi connectivity index (χ0v) is 18.1. The van der Waals surface area contributed by atoms with E-state index in [9.17, 15) is 4.79 Å². The number of rotatable bonds is 2. The molecule has 8 heteroatoms. The summed E-state index contributed by atoms with van der Waals surface area (Å²) in [6, 6.07) is 13.7. The summed E-state index contributed by atoms with van der Waals surface area (Å²) >= 11 is 0. The number of imidazole rings is 1. The van der Waals surface area contributed by atoms with Crippen molar-refractivity contribution in [1.29, 1.82) is 0 Å². The van der Waals surface area contributed by atoms with Gasteiger partial charge in [0.25, 0.3) is 5.91 Å². The lowest BCUT2D eigenvalue weighted by Gasteiger charge is -2.18. The standard InChI is InChI=1S/C25H21N5O3/c1-13-14(2)24(30-25(31)23-22(13)27-11-28-23)29-16-4-5-19-18(10-16)17(7-8-26-19)15-3-6-20-21(9-15)33-12-32-20/h3-11,13-14H,12H2,1-2H3,(H,27,28)(H,29,30,31). The minimum atomic E-state index is -0.246. The first-order chi connectivity index (χ1) is 16.1. The zero-order chi connectivity index (χ0) is 22.5. The molecule has 33 heavy (non-hydrogen) atoms. The molecule has 2 N–H and O–H groups in total.